The van der Waals surface area contributed by atoms with Gasteiger partial charge in [0.1, 0.15) is 6.17 Å². The molecule has 1 spiro atoms. The largest absolute Gasteiger partial charge is 0.416 e. The highest BCUT2D eigenvalue weighted by Gasteiger charge is 2.60. The molecule has 0 aromatic heterocycles. The summed E-state index contributed by atoms with van der Waals surface area (Å²) in [6, 6.07) is 4.22. The maximum Gasteiger partial charge on any atom is 0.416 e. The van der Waals surface area contributed by atoms with Gasteiger partial charge in [-0.3, -0.25) is 9.69 Å². The van der Waals surface area contributed by atoms with Crippen molar-refractivity contribution in [2.24, 2.45) is 11.3 Å². The van der Waals surface area contributed by atoms with E-state index in [1.807, 2.05) is 4.90 Å². The van der Waals surface area contributed by atoms with Gasteiger partial charge in [-0.2, -0.15) is 13.2 Å². The predicted octanol–water partition coefficient (Wildman–Crippen LogP) is 4.19. The Morgan fingerprint density at radius 1 is 1.17 bits per heavy atom. The zero-order valence-electron chi connectivity index (χ0n) is 16.5. The second-order valence-electron chi connectivity index (χ2n) is 9.41. The van der Waals surface area contributed by atoms with Crippen LogP contribution in [-0.4, -0.2) is 47.1 Å². The molecule has 0 bridgehead atoms. The monoisotopic (exact) mass is 410 g/mol. The van der Waals surface area contributed by atoms with Crippen molar-refractivity contribution in [1.29, 1.82) is 0 Å². The fourth-order valence-electron chi connectivity index (χ4n) is 6.35. The highest BCUT2D eigenvalue weighted by molar-refractivity contribution is 5.87. The number of carbonyl (C=O) groups excluding carboxylic acids is 1. The molecule has 3 aliphatic heterocycles. The van der Waals surface area contributed by atoms with Crippen LogP contribution in [0.4, 0.5) is 17.6 Å². The summed E-state index contributed by atoms with van der Waals surface area (Å²) >= 11 is 0. The van der Waals surface area contributed by atoms with Gasteiger partial charge in [-0.1, -0.05) is 13.0 Å². The fraction of sp³-hybridized carbons (Fsp3) is 0.682. The summed E-state index contributed by atoms with van der Waals surface area (Å²) in [5, 5.41) is 0. The SMILES string of the molecule is CC1C2Cc3ccc(C(F)(F)F)cc3CN2C(=O)[C@]12CC[C@@H](N1CC[C@@H](F)C1)C2. The van der Waals surface area contributed by atoms with E-state index in [1.54, 1.807) is 6.07 Å². The zero-order valence-corrected chi connectivity index (χ0v) is 16.5. The van der Waals surface area contributed by atoms with E-state index >= 15 is 0 Å². The number of fused-ring (bicyclic) bond motifs is 2. The van der Waals surface area contributed by atoms with Gasteiger partial charge in [0.25, 0.3) is 0 Å². The van der Waals surface area contributed by atoms with Crippen LogP contribution in [0.15, 0.2) is 18.2 Å². The molecule has 5 rings (SSSR count). The number of carbonyl (C=O) groups is 1. The molecule has 158 valence electrons. The number of likely N-dealkylation sites (tertiary alicyclic amines) is 1. The molecule has 2 saturated heterocycles. The summed E-state index contributed by atoms with van der Waals surface area (Å²) in [5.41, 5.74) is 0.437. The second-order valence-corrected chi connectivity index (χ2v) is 9.41. The molecule has 1 aromatic carbocycles. The van der Waals surface area contributed by atoms with Crippen LogP contribution in [0.2, 0.25) is 0 Å². The average molecular weight is 410 g/mol. The Kier molecular flexibility index (Phi) is 4.29. The van der Waals surface area contributed by atoms with Crippen LogP contribution in [-0.2, 0) is 23.9 Å². The number of amides is 1. The van der Waals surface area contributed by atoms with Gasteiger partial charge in [0, 0.05) is 31.7 Å². The molecule has 4 aliphatic rings. The molecule has 1 saturated carbocycles. The van der Waals surface area contributed by atoms with Crippen LogP contribution in [0.3, 0.4) is 0 Å². The number of benzene rings is 1. The second kappa shape index (κ2) is 6.43. The molecule has 1 aromatic rings. The minimum absolute atomic E-state index is 0.0398. The van der Waals surface area contributed by atoms with Crippen LogP contribution in [0.5, 0.6) is 0 Å². The van der Waals surface area contributed by atoms with Crippen molar-refractivity contribution in [2.45, 2.75) is 70.0 Å². The van der Waals surface area contributed by atoms with Crippen LogP contribution < -0.4 is 0 Å². The molecule has 3 fully saturated rings. The standard InChI is InChI=1S/C22H26F4N2O/c1-13-19-9-14-2-3-16(22(24,25)26)8-15(14)11-28(19)20(29)21(13)6-4-18(10-21)27-7-5-17(23)12-27/h2-3,8,13,17-19H,4-7,9-12H2,1H3/t13?,17-,18-,19?,21+/m1/s1. The first-order valence-corrected chi connectivity index (χ1v) is 10.6. The summed E-state index contributed by atoms with van der Waals surface area (Å²) in [7, 11) is 0. The third kappa shape index (κ3) is 2.91. The van der Waals surface area contributed by atoms with E-state index in [0.29, 0.717) is 24.9 Å². The van der Waals surface area contributed by atoms with Crippen LogP contribution in [0.1, 0.15) is 49.3 Å². The van der Waals surface area contributed by atoms with Crippen molar-refractivity contribution in [1.82, 2.24) is 9.80 Å². The Bertz CT molecular complexity index is 841. The molecule has 0 radical (unpaired) electrons. The van der Waals surface area contributed by atoms with E-state index in [2.05, 4.69) is 11.8 Å². The van der Waals surface area contributed by atoms with E-state index in [4.69, 9.17) is 0 Å². The fourth-order valence-corrected chi connectivity index (χ4v) is 6.35. The third-order valence-corrected chi connectivity index (χ3v) is 8.04. The summed E-state index contributed by atoms with van der Waals surface area (Å²) in [6.07, 6.45) is -1.53. The Hall–Kier alpha value is -1.63. The molecule has 5 atom stereocenters. The highest BCUT2D eigenvalue weighted by Crippen LogP contribution is 2.55. The lowest BCUT2D eigenvalue weighted by molar-refractivity contribution is -0.138. The van der Waals surface area contributed by atoms with Crippen LogP contribution in [0.25, 0.3) is 0 Å². The smallest absolute Gasteiger partial charge is 0.334 e. The maximum atomic E-state index is 13.7. The number of alkyl halides is 4. The van der Waals surface area contributed by atoms with Gasteiger partial charge in [-0.25, -0.2) is 4.39 Å². The van der Waals surface area contributed by atoms with Gasteiger partial charge in [0.05, 0.1) is 11.0 Å². The lowest BCUT2D eigenvalue weighted by atomic mass is 9.73. The molecular weight excluding hydrogens is 384 g/mol. The number of hydrogen-bond donors (Lipinski definition) is 0. The van der Waals surface area contributed by atoms with Crippen molar-refractivity contribution in [2.75, 3.05) is 13.1 Å². The van der Waals surface area contributed by atoms with Crippen molar-refractivity contribution in [3.63, 3.8) is 0 Å². The van der Waals surface area contributed by atoms with Crippen molar-refractivity contribution in [3.05, 3.63) is 34.9 Å². The van der Waals surface area contributed by atoms with E-state index in [-0.39, 0.29) is 30.5 Å². The van der Waals surface area contributed by atoms with Gasteiger partial charge in [0.2, 0.25) is 5.91 Å². The summed E-state index contributed by atoms with van der Waals surface area (Å²) in [4.78, 5) is 17.5. The van der Waals surface area contributed by atoms with Gasteiger partial charge in [-0.05, 0) is 61.3 Å². The van der Waals surface area contributed by atoms with Crippen molar-refractivity contribution < 1.29 is 22.4 Å². The topological polar surface area (TPSA) is 23.6 Å². The number of hydrogen-bond acceptors (Lipinski definition) is 2. The van der Waals surface area contributed by atoms with Crippen molar-refractivity contribution >= 4 is 5.91 Å². The van der Waals surface area contributed by atoms with Gasteiger partial charge in [0.15, 0.2) is 0 Å². The molecule has 29 heavy (non-hydrogen) atoms. The molecule has 2 unspecified atom stereocenters. The van der Waals surface area contributed by atoms with Crippen molar-refractivity contribution in [3.8, 4) is 0 Å². The molecule has 7 heteroatoms. The first kappa shape index (κ1) is 19.3. The van der Waals surface area contributed by atoms with E-state index in [1.165, 1.54) is 6.07 Å². The summed E-state index contributed by atoms with van der Waals surface area (Å²) in [5.74, 6) is 0.246. The maximum absolute atomic E-state index is 13.7. The van der Waals surface area contributed by atoms with E-state index < -0.39 is 23.3 Å². The first-order chi connectivity index (χ1) is 13.7. The average Bonchev–Trinajstić information content (AvgIpc) is 3.35. The lowest BCUT2D eigenvalue weighted by Gasteiger charge is -2.33. The van der Waals surface area contributed by atoms with Crippen LogP contribution >= 0.6 is 0 Å². The molecule has 3 heterocycles. The van der Waals surface area contributed by atoms with Gasteiger partial charge >= 0.3 is 6.18 Å². The normalized spacial score (nSPS) is 37.4. The molecular formula is C22H26F4N2O. The van der Waals surface area contributed by atoms with E-state index in [9.17, 15) is 22.4 Å². The minimum Gasteiger partial charge on any atom is -0.334 e. The third-order valence-electron chi connectivity index (χ3n) is 8.04. The predicted molar refractivity (Wildman–Crippen MR) is 99.8 cm³/mol. The van der Waals surface area contributed by atoms with Gasteiger partial charge in [-0.15, -0.1) is 0 Å². The van der Waals surface area contributed by atoms with E-state index in [0.717, 1.165) is 37.4 Å². The minimum atomic E-state index is -4.38. The summed E-state index contributed by atoms with van der Waals surface area (Å²) in [6.45, 7) is 3.60. The van der Waals surface area contributed by atoms with Gasteiger partial charge < -0.3 is 4.90 Å². The Balaban J connectivity index is 1.39. The Morgan fingerprint density at radius 2 is 1.97 bits per heavy atom. The Morgan fingerprint density at radius 3 is 2.66 bits per heavy atom. The zero-order chi connectivity index (χ0) is 20.6. The molecule has 1 aliphatic carbocycles. The molecule has 3 nitrogen and oxygen atoms in total. The summed E-state index contributed by atoms with van der Waals surface area (Å²) < 4.78 is 53.0. The van der Waals surface area contributed by atoms with Crippen LogP contribution in [0, 0.1) is 11.3 Å². The number of rotatable bonds is 1. The molecule has 0 N–H and O–H groups in total. The highest BCUT2D eigenvalue weighted by atomic mass is 19.4. The number of halogens is 4. The molecule has 1 amide bonds. The first-order valence-electron chi connectivity index (χ1n) is 10.6. The number of nitrogens with zero attached hydrogens (tertiary/aromatic N) is 2. The quantitative estimate of drug-likeness (QED) is 0.648. The lowest BCUT2D eigenvalue weighted by Crippen LogP contribution is -2.40. The Labute approximate surface area is 168 Å².